The number of carbonyl (C=O) groups excluding carboxylic acids is 1. The van der Waals surface area contributed by atoms with Crippen LogP contribution in [-0.2, 0) is 0 Å². The van der Waals surface area contributed by atoms with Gasteiger partial charge in [0.25, 0.3) is 5.91 Å². The van der Waals surface area contributed by atoms with Gasteiger partial charge in [-0.2, -0.15) is 0 Å². The van der Waals surface area contributed by atoms with Gasteiger partial charge >= 0.3 is 0 Å². The Balaban J connectivity index is 1.61. The lowest BCUT2D eigenvalue weighted by Crippen LogP contribution is -2.51. The summed E-state index contributed by atoms with van der Waals surface area (Å²) >= 11 is 5.91. The Morgan fingerprint density at radius 1 is 1.23 bits per heavy atom. The summed E-state index contributed by atoms with van der Waals surface area (Å²) in [4.78, 5) is 28.2. The molecule has 0 radical (unpaired) electrons. The Morgan fingerprint density at radius 3 is 2.77 bits per heavy atom. The van der Waals surface area contributed by atoms with Crippen molar-refractivity contribution in [3.63, 3.8) is 0 Å². The van der Waals surface area contributed by atoms with Crippen molar-refractivity contribution in [1.82, 2.24) is 19.9 Å². The lowest BCUT2D eigenvalue weighted by atomic mass is 9.89. The molecule has 0 saturated carbocycles. The van der Waals surface area contributed by atoms with Gasteiger partial charge in [-0.15, -0.1) is 0 Å². The summed E-state index contributed by atoms with van der Waals surface area (Å²) in [5.41, 5.74) is 0.797. The highest BCUT2D eigenvalue weighted by Gasteiger charge is 2.33. The average Bonchev–Trinajstić information content (AvgIpc) is 2.79. The number of benzene rings is 1. The molecule has 1 N–H and O–H groups in total. The molecule has 1 aliphatic rings. The Morgan fingerprint density at radius 2 is 2.03 bits per heavy atom. The molecule has 1 fully saturated rings. The van der Waals surface area contributed by atoms with E-state index in [1.54, 1.807) is 42.9 Å². The second kappa shape index (κ2) is 9.39. The topological polar surface area (TPSA) is 71.0 Å². The van der Waals surface area contributed by atoms with Gasteiger partial charge in [-0.1, -0.05) is 18.5 Å². The molecule has 1 aromatic carbocycles. The number of likely N-dealkylation sites (tertiary alicyclic amines) is 1. The third-order valence-electron chi connectivity index (χ3n) is 5.61. The Kier molecular flexibility index (Phi) is 6.42. The maximum Gasteiger partial charge on any atom is 0.255 e. The number of hydrogen-bond donors (Lipinski definition) is 1. The molecule has 1 aliphatic heterocycles. The smallest absolute Gasteiger partial charge is 0.255 e. The Labute approximate surface area is 185 Å². The van der Waals surface area contributed by atoms with E-state index in [0.717, 1.165) is 12.8 Å². The second-order valence-corrected chi connectivity index (χ2v) is 8.13. The number of aromatic nitrogens is 3. The number of hydrogen-bond acceptors (Lipinski definition) is 5. The summed E-state index contributed by atoms with van der Waals surface area (Å²) in [5, 5.41) is 3.87. The SMILES string of the molecule is C[C@@H]1CCCN(C(=O)c2cc(F)ccc2-c2ncccn2)C1CNc1ccc(Cl)cn1. The van der Waals surface area contributed by atoms with Crippen LogP contribution in [0.15, 0.2) is 55.0 Å². The fourth-order valence-corrected chi connectivity index (χ4v) is 4.10. The molecule has 160 valence electrons. The third kappa shape index (κ3) is 4.82. The lowest BCUT2D eigenvalue weighted by Gasteiger charge is -2.40. The number of pyridine rings is 1. The van der Waals surface area contributed by atoms with Crippen molar-refractivity contribution in [1.29, 1.82) is 0 Å². The van der Waals surface area contributed by atoms with Crippen LogP contribution in [0.4, 0.5) is 10.2 Å². The van der Waals surface area contributed by atoms with E-state index in [1.165, 1.54) is 12.1 Å². The van der Waals surface area contributed by atoms with Gasteiger partial charge in [-0.05, 0) is 55.2 Å². The average molecular weight is 440 g/mol. The van der Waals surface area contributed by atoms with Gasteiger partial charge < -0.3 is 10.2 Å². The zero-order valence-electron chi connectivity index (χ0n) is 17.1. The first-order valence-electron chi connectivity index (χ1n) is 10.3. The number of amides is 1. The van der Waals surface area contributed by atoms with Crippen molar-refractivity contribution in [3.8, 4) is 11.4 Å². The van der Waals surface area contributed by atoms with Crippen molar-refractivity contribution in [2.75, 3.05) is 18.4 Å². The Hall–Kier alpha value is -3.06. The minimum atomic E-state index is -0.465. The van der Waals surface area contributed by atoms with Crippen molar-refractivity contribution in [3.05, 3.63) is 71.4 Å². The van der Waals surface area contributed by atoms with E-state index in [0.29, 0.717) is 35.3 Å². The summed E-state index contributed by atoms with van der Waals surface area (Å²) in [6, 6.07) is 9.38. The fraction of sp³-hybridized carbons (Fsp3) is 0.304. The molecule has 1 unspecified atom stereocenters. The minimum absolute atomic E-state index is 0.0634. The molecular formula is C23H23ClFN5O. The summed E-state index contributed by atoms with van der Waals surface area (Å²) in [5.74, 6) is 0.689. The van der Waals surface area contributed by atoms with Gasteiger partial charge in [-0.3, -0.25) is 4.79 Å². The molecule has 0 spiro atoms. The molecule has 0 bridgehead atoms. The lowest BCUT2D eigenvalue weighted by molar-refractivity contribution is 0.0540. The quantitative estimate of drug-likeness (QED) is 0.624. The number of carbonyl (C=O) groups is 1. The van der Waals surface area contributed by atoms with E-state index in [1.807, 2.05) is 4.90 Å². The molecule has 4 rings (SSSR count). The molecule has 31 heavy (non-hydrogen) atoms. The van der Waals surface area contributed by atoms with E-state index >= 15 is 0 Å². The fourth-order valence-electron chi connectivity index (χ4n) is 3.98. The van der Waals surface area contributed by atoms with Crippen molar-refractivity contribution in [2.45, 2.75) is 25.8 Å². The van der Waals surface area contributed by atoms with Crippen LogP contribution >= 0.6 is 11.6 Å². The van der Waals surface area contributed by atoms with Crippen LogP contribution in [0.1, 0.15) is 30.1 Å². The standard InChI is InChI=1S/C23H23ClFN5O/c1-15-4-2-11-30(20(15)14-29-21-8-5-16(24)13-28-21)23(31)19-12-17(25)6-7-18(19)22-26-9-3-10-27-22/h3,5-10,12-13,15,20H,2,4,11,14H2,1H3,(H,28,29)/t15-,20?/m1/s1. The normalized spacial score (nSPS) is 18.6. The molecule has 6 nitrogen and oxygen atoms in total. The van der Waals surface area contributed by atoms with Crippen molar-refractivity contribution >= 4 is 23.3 Å². The van der Waals surface area contributed by atoms with Gasteiger partial charge in [0.15, 0.2) is 5.82 Å². The summed E-state index contributed by atoms with van der Waals surface area (Å²) in [6.45, 7) is 3.27. The summed E-state index contributed by atoms with van der Waals surface area (Å²) < 4.78 is 14.1. The van der Waals surface area contributed by atoms with E-state index < -0.39 is 5.82 Å². The number of anilines is 1. The van der Waals surface area contributed by atoms with Gasteiger partial charge in [-0.25, -0.2) is 19.3 Å². The Bertz CT molecular complexity index is 1050. The van der Waals surface area contributed by atoms with E-state index in [9.17, 15) is 9.18 Å². The predicted octanol–water partition coefficient (Wildman–Crippen LogP) is 4.68. The zero-order valence-corrected chi connectivity index (χ0v) is 17.9. The van der Waals surface area contributed by atoms with E-state index in [4.69, 9.17) is 11.6 Å². The van der Waals surface area contributed by atoms with Crippen molar-refractivity contribution < 1.29 is 9.18 Å². The van der Waals surface area contributed by atoms with Crippen LogP contribution in [0.5, 0.6) is 0 Å². The molecule has 2 atom stereocenters. The highest BCUT2D eigenvalue weighted by molar-refractivity contribution is 6.30. The van der Waals surface area contributed by atoms with Crippen LogP contribution in [0.25, 0.3) is 11.4 Å². The summed E-state index contributed by atoms with van der Waals surface area (Å²) in [6.07, 6.45) is 6.70. The van der Waals surface area contributed by atoms with Gasteiger partial charge in [0.05, 0.1) is 16.6 Å². The first-order chi connectivity index (χ1) is 15.0. The molecular weight excluding hydrogens is 417 g/mol. The van der Waals surface area contributed by atoms with Crippen LogP contribution in [0.2, 0.25) is 5.02 Å². The van der Waals surface area contributed by atoms with Crippen molar-refractivity contribution in [2.24, 2.45) is 5.92 Å². The molecule has 0 aliphatic carbocycles. The predicted molar refractivity (Wildman–Crippen MR) is 118 cm³/mol. The zero-order chi connectivity index (χ0) is 21.8. The summed E-state index contributed by atoms with van der Waals surface area (Å²) in [7, 11) is 0. The highest BCUT2D eigenvalue weighted by atomic mass is 35.5. The first kappa shape index (κ1) is 21.2. The maximum atomic E-state index is 14.1. The van der Waals surface area contributed by atoms with E-state index in [2.05, 4.69) is 27.2 Å². The third-order valence-corrected chi connectivity index (χ3v) is 5.84. The van der Waals surface area contributed by atoms with Gasteiger partial charge in [0.2, 0.25) is 0 Å². The number of nitrogens with zero attached hydrogens (tertiary/aromatic N) is 4. The van der Waals surface area contributed by atoms with E-state index in [-0.39, 0.29) is 23.4 Å². The number of rotatable bonds is 5. The number of nitrogens with one attached hydrogen (secondary N) is 1. The number of piperidine rings is 1. The second-order valence-electron chi connectivity index (χ2n) is 7.69. The molecule has 1 saturated heterocycles. The highest BCUT2D eigenvalue weighted by Crippen LogP contribution is 2.29. The monoisotopic (exact) mass is 439 g/mol. The molecule has 1 amide bonds. The van der Waals surface area contributed by atoms with Crippen LogP contribution in [0, 0.1) is 11.7 Å². The van der Waals surface area contributed by atoms with Crippen LogP contribution in [-0.4, -0.2) is 44.9 Å². The minimum Gasteiger partial charge on any atom is -0.368 e. The molecule has 3 heterocycles. The molecule has 2 aromatic heterocycles. The van der Waals surface area contributed by atoms with Crippen LogP contribution in [0.3, 0.4) is 0 Å². The van der Waals surface area contributed by atoms with Gasteiger partial charge in [0, 0.05) is 37.2 Å². The van der Waals surface area contributed by atoms with Gasteiger partial charge in [0.1, 0.15) is 11.6 Å². The van der Waals surface area contributed by atoms with Crippen LogP contribution < -0.4 is 5.32 Å². The largest absolute Gasteiger partial charge is 0.368 e. The molecule has 3 aromatic rings. The first-order valence-corrected chi connectivity index (χ1v) is 10.6. The number of halogens is 2. The molecule has 8 heteroatoms. The maximum absolute atomic E-state index is 14.1.